The second kappa shape index (κ2) is 3.55. The Morgan fingerprint density at radius 1 is 1.30 bits per heavy atom. The molecule has 0 aromatic heterocycles. The average Bonchev–Trinajstić information content (AvgIpc) is 2.83. The summed E-state index contributed by atoms with van der Waals surface area (Å²) in [6.45, 7) is -0.908. The van der Waals surface area contributed by atoms with E-state index in [0.29, 0.717) is 11.8 Å². The molecule has 4 fully saturated rings. The van der Waals surface area contributed by atoms with Gasteiger partial charge in [-0.25, -0.2) is 4.39 Å². The number of esters is 1. The Hall–Kier alpha value is -0.690. The minimum absolute atomic E-state index is 0.0820. The van der Waals surface area contributed by atoms with Crippen LogP contribution >= 0.6 is 0 Å². The normalized spacial score (nSPS) is 49.0. The van der Waals surface area contributed by atoms with E-state index < -0.39 is 33.6 Å². The first-order valence-electron chi connectivity index (χ1n) is 7.07. The van der Waals surface area contributed by atoms with Crippen molar-refractivity contribution in [2.45, 2.75) is 37.6 Å². The van der Waals surface area contributed by atoms with Gasteiger partial charge in [0.25, 0.3) is 5.50 Å². The van der Waals surface area contributed by atoms with Crippen LogP contribution in [-0.4, -0.2) is 31.1 Å². The molecule has 7 heteroatoms. The second-order valence-electron chi connectivity index (χ2n) is 6.99. The summed E-state index contributed by atoms with van der Waals surface area (Å²) in [7, 11) is -4.79. The van der Waals surface area contributed by atoms with Crippen molar-refractivity contribution >= 4 is 16.1 Å². The number of fused-ring (bicyclic) bond motifs is 1. The number of alkyl halides is 1. The van der Waals surface area contributed by atoms with Crippen LogP contribution in [0.2, 0.25) is 0 Å². The fraction of sp³-hybridized carbons (Fsp3) is 0.923. The van der Waals surface area contributed by atoms with Crippen molar-refractivity contribution in [1.29, 1.82) is 0 Å². The Morgan fingerprint density at radius 3 is 2.40 bits per heavy atom. The molecule has 4 saturated carbocycles. The highest BCUT2D eigenvalue weighted by molar-refractivity contribution is 7.86. The quantitative estimate of drug-likeness (QED) is 0.629. The monoisotopic (exact) mass is 304 g/mol. The van der Waals surface area contributed by atoms with Crippen molar-refractivity contribution in [1.82, 2.24) is 0 Å². The topological polar surface area (TPSA) is 80.7 Å². The minimum atomic E-state index is -4.79. The molecule has 20 heavy (non-hydrogen) atoms. The standard InChI is InChI=1S/C13H17FO5S/c14-10(20(16,17)18)6-19-11(15)12-4-8-1-7-2-9(5-12)13(8,12)3-7/h7-10H,1-6H2,(H,16,17,18). The zero-order chi connectivity index (χ0) is 14.3. The maximum Gasteiger partial charge on any atom is 0.312 e. The van der Waals surface area contributed by atoms with Gasteiger partial charge in [0, 0.05) is 0 Å². The summed E-state index contributed by atoms with van der Waals surface area (Å²) in [6.07, 6.45) is 5.09. The van der Waals surface area contributed by atoms with Crippen molar-refractivity contribution in [3.05, 3.63) is 0 Å². The molecule has 5 nitrogen and oxygen atoms in total. The van der Waals surface area contributed by atoms with E-state index in [1.807, 2.05) is 0 Å². The first kappa shape index (κ1) is 13.0. The van der Waals surface area contributed by atoms with Crippen LogP contribution in [-0.2, 0) is 19.6 Å². The molecule has 0 aliphatic heterocycles. The average molecular weight is 304 g/mol. The summed E-state index contributed by atoms with van der Waals surface area (Å²) in [5.74, 6) is 1.48. The van der Waals surface area contributed by atoms with E-state index in [2.05, 4.69) is 0 Å². The van der Waals surface area contributed by atoms with E-state index >= 15 is 0 Å². The molecule has 4 rings (SSSR count). The molecule has 0 radical (unpaired) electrons. The molecule has 0 saturated heterocycles. The van der Waals surface area contributed by atoms with Gasteiger partial charge in [-0.05, 0) is 55.3 Å². The van der Waals surface area contributed by atoms with Crippen LogP contribution in [0.25, 0.3) is 0 Å². The van der Waals surface area contributed by atoms with Gasteiger partial charge in [-0.2, -0.15) is 8.42 Å². The number of hydrogen-bond acceptors (Lipinski definition) is 4. The minimum Gasteiger partial charge on any atom is -0.461 e. The Bertz CT molecular complexity index is 570. The van der Waals surface area contributed by atoms with Crippen LogP contribution in [0, 0.1) is 28.6 Å². The highest BCUT2D eigenvalue weighted by Gasteiger charge is 2.84. The molecule has 3 unspecified atom stereocenters. The molecule has 3 atom stereocenters. The molecule has 0 amide bonds. The number of ether oxygens (including phenoxy) is 1. The predicted octanol–water partition coefficient (Wildman–Crippen LogP) is 1.54. The molecule has 1 spiro atoms. The Balaban J connectivity index is 1.46. The van der Waals surface area contributed by atoms with Crippen molar-refractivity contribution in [3.8, 4) is 0 Å². The third kappa shape index (κ3) is 1.27. The first-order valence-corrected chi connectivity index (χ1v) is 8.57. The van der Waals surface area contributed by atoms with Crippen molar-refractivity contribution in [2.75, 3.05) is 6.61 Å². The van der Waals surface area contributed by atoms with Crippen molar-refractivity contribution in [3.63, 3.8) is 0 Å². The van der Waals surface area contributed by atoms with E-state index in [0.717, 1.165) is 25.2 Å². The lowest BCUT2D eigenvalue weighted by Crippen LogP contribution is -2.71. The van der Waals surface area contributed by atoms with Gasteiger partial charge in [0.15, 0.2) is 0 Å². The van der Waals surface area contributed by atoms with Crippen molar-refractivity contribution < 1.29 is 26.9 Å². The highest BCUT2D eigenvalue weighted by Crippen LogP contribution is 2.87. The van der Waals surface area contributed by atoms with Crippen molar-refractivity contribution in [2.24, 2.45) is 28.6 Å². The molecule has 0 aromatic carbocycles. The second-order valence-corrected chi connectivity index (χ2v) is 8.53. The smallest absolute Gasteiger partial charge is 0.312 e. The SMILES string of the molecule is O=C(OCC(F)S(=O)(=O)O)C12CC3CC4CC(C1)C32C4. The molecule has 4 aliphatic rings. The molecule has 4 aliphatic carbocycles. The fourth-order valence-corrected chi connectivity index (χ4v) is 6.14. The summed E-state index contributed by atoms with van der Waals surface area (Å²) < 4.78 is 47.7. The predicted molar refractivity (Wildman–Crippen MR) is 65.8 cm³/mol. The molecular weight excluding hydrogens is 287 g/mol. The van der Waals surface area contributed by atoms with Crippen LogP contribution < -0.4 is 0 Å². The van der Waals surface area contributed by atoms with Crippen LogP contribution in [0.15, 0.2) is 0 Å². The van der Waals surface area contributed by atoms with Gasteiger partial charge >= 0.3 is 16.1 Å². The summed E-state index contributed by atoms with van der Waals surface area (Å²) in [6, 6.07) is 0. The van der Waals surface area contributed by atoms with Gasteiger partial charge in [-0.1, -0.05) is 0 Å². The number of rotatable bonds is 4. The summed E-state index contributed by atoms with van der Waals surface area (Å²) >= 11 is 0. The van der Waals surface area contributed by atoms with E-state index in [4.69, 9.17) is 9.29 Å². The fourth-order valence-electron chi connectivity index (χ4n) is 5.90. The Morgan fingerprint density at radius 2 is 1.90 bits per heavy atom. The number of carbonyl (C=O) groups is 1. The number of hydrogen-bond donors (Lipinski definition) is 1. The molecule has 2 bridgehead atoms. The third-order valence-corrected chi connectivity index (χ3v) is 7.24. The van der Waals surface area contributed by atoms with Gasteiger partial charge in [-0.3, -0.25) is 9.35 Å². The lowest BCUT2D eigenvalue weighted by molar-refractivity contribution is -0.264. The van der Waals surface area contributed by atoms with Gasteiger partial charge in [0.05, 0.1) is 5.41 Å². The molecule has 1 N–H and O–H groups in total. The summed E-state index contributed by atoms with van der Waals surface area (Å²) in [4.78, 5) is 12.3. The maximum atomic E-state index is 13.1. The Labute approximate surface area is 116 Å². The highest BCUT2D eigenvalue weighted by atomic mass is 32.2. The molecule has 0 heterocycles. The van der Waals surface area contributed by atoms with Crippen LogP contribution in [0.4, 0.5) is 4.39 Å². The van der Waals surface area contributed by atoms with Crippen LogP contribution in [0.3, 0.4) is 0 Å². The lowest BCUT2D eigenvalue weighted by Gasteiger charge is -2.72. The van der Waals surface area contributed by atoms with Gasteiger partial charge in [0.1, 0.15) is 6.61 Å². The van der Waals surface area contributed by atoms with E-state index in [1.54, 1.807) is 0 Å². The van der Waals surface area contributed by atoms with E-state index in [1.165, 1.54) is 12.8 Å². The maximum absolute atomic E-state index is 13.1. The zero-order valence-electron chi connectivity index (χ0n) is 10.9. The summed E-state index contributed by atoms with van der Waals surface area (Å²) in [5.41, 5.74) is -2.95. The molecular formula is C13H17FO5S. The first-order chi connectivity index (χ1) is 9.29. The lowest BCUT2D eigenvalue weighted by atomic mass is 9.30. The van der Waals surface area contributed by atoms with Gasteiger partial charge in [0.2, 0.25) is 0 Å². The van der Waals surface area contributed by atoms with Crippen LogP contribution in [0.5, 0.6) is 0 Å². The number of halogens is 1. The molecule has 0 aromatic rings. The zero-order valence-corrected chi connectivity index (χ0v) is 11.7. The van der Waals surface area contributed by atoms with Crippen LogP contribution in [0.1, 0.15) is 32.1 Å². The van der Waals surface area contributed by atoms with E-state index in [9.17, 15) is 17.6 Å². The van der Waals surface area contributed by atoms with Gasteiger partial charge in [-0.15, -0.1) is 0 Å². The largest absolute Gasteiger partial charge is 0.461 e. The summed E-state index contributed by atoms with van der Waals surface area (Å²) in [5, 5.41) is 0. The van der Waals surface area contributed by atoms with E-state index in [-0.39, 0.29) is 5.41 Å². The Kier molecular flexibility index (Phi) is 2.31. The third-order valence-electron chi connectivity index (χ3n) is 6.46. The molecule has 112 valence electrons. The number of carbonyl (C=O) groups excluding carboxylic acids is 1. The van der Waals surface area contributed by atoms with Gasteiger partial charge < -0.3 is 4.74 Å².